The fourth-order valence-electron chi connectivity index (χ4n) is 2.22. The van der Waals surface area contributed by atoms with E-state index in [-0.39, 0.29) is 0 Å². The lowest BCUT2D eigenvalue weighted by atomic mass is 10.2. The van der Waals surface area contributed by atoms with Gasteiger partial charge in [0.25, 0.3) is 0 Å². The van der Waals surface area contributed by atoms with Gasteiger partial charge in [-0.2, -0.15) is 0 Å². The molecular weight excluding hydrogens is 262 g/mol. The normalized spacial score (nSPS) is 10.9. The van der Waals surface area contributed by atoms with Crippen LogP contribution in [-0.4, -0.2) is 22.7 Å². The second kappa shape index (κ2) is 9.32. The number of nitrogens with one attached hydrogen (secondary N) is 1. The zero-order valence-electron chi connectivity index (χ0n) is 12.8. The minimum absolute atomic E-state index is 0.651. The molecule has 114 valence electrons. The van der Waals surface area contributed by atoms with Crippen molar-refractivity contribution in [1.29, 1.82) is 0 Å². The average molecular weight is 287 g/mol. The Kier molecular flexibility index (Phi) is 6.98. The first-order chi connectivity index (χ1) is 10.4. The van der Waals surface area contributed by atoms with E-state index in [0.717, 1.165) is 44.8 Å². The summed E-state index contributed by atoms with van der Waals surface area (Å²) in [7, 11) is 0. The maximum Gasteiger partial charge on any atom is 0.0948 e. The molecule has 0 aliphatic rings. The zero-order chi connectivity index (χ0) is 14.8. The Morgan fingerprint density at radius 3 is 2.90 bits per heavy atom. The van der Waals surface area contributed by atoms with Crippen LogP contribution in [-0.2, 0) is 24.4 Å². The van der Waals surface area contributed by atoms with Crippen molar-refractivity contribution in [1.82, 2.24) is 14.9 Å². The summed E-state index contributed by atoms with van der Waals surface area (Å²) in [6.45, 7) is 6.51. The van der Waals surface area contributed by atoms with E-state index in [4.69, 9.17) is 4.74 Å². The lowest BCUT2D eigenvalue weighted by Gasteiger charge is -2.08. The standard InChI is InChI=1S/C17H25N3O/c1-2-10-20-15-19-13-17(20)14-21-11-6-9-18-12-16-7-4-3-5-8-16/h3-5,7-8,13,15,18H,2,6,9-12,14H2,1H3. The molecular formula is C17H25N3O. The first-order valence-corrected chi connectivity index (χ1v) is 7.71. The summed E-state index contributed by atoms with van der Waals surface area (Å²) in [6, 6.07) is 10.5. The quantitative estimate of drug-likeness (QED) is 0.683. The molecule has 0 aliphatic carbocycles. The summed E-state index contributed by atoms with van der Waals surface area (Å²) < 4.78 is 7.88. The Balaban J connectivity index is 1.53. The van der Waals surface area contributed by atoms with Gasteiger partial charge in [0.1, 0.15) is 0 Å². The van der Waals surface area contributed by atoms with Crippen molar-refractivity contribution < 1.29 is 4.74 Å². The Morgan fingerprint density at radius 1 is 1.24 bits per heavy atom. The van der Waals surface area contributed by atoms with E-state index in [1.54, 1.807) is 0 Å². The molecule has 0 atom stereocenters. The Labute approximate surface area is 127 Å². The number of nitrogens with zero attached hydrogens (tertiary/aromatic N) is 2. The maximum absolute atomic E-state index is 5.72. The maximum atomic E-state index is 5.72. The number of ether oxygens (including phenoxy) is 1. The number of imidazole rings is 1. The van der Waals surface area contributed by atoms with E-state index in [1.807, 2.05) is 18.6 Å². The van der Waals surface area contributed by atoms with Crippen molar-refractivity contribution in [2.75, 3.05) is 13.2 Å². The second-order valence-corrected chi connectivity index (χ2v) is 5.15. The van der Waals surface area contributed by atoms with Crippen molar-refractivity contribution in [2.45, 2.75) is 39.5 Å². The van der Waals surface area contributed by atoms with Gasteiger partial charge in [0.2, 0.25) is 0 Å². The van der Waals surface area contributed by atoms with Gasteiger partial charge in [0.15, 0.2) is 0 Å². The van der Waals surface area contributed by atoms with Crippen LogP contribution < -0.4 is 5.32 Å². The molecule has 0 bridgehead atoms. The number of rotatable bonds is 10. The van der Waals surface area contributed by atoms with Crippen LogP contribution >= 0.6 is 0 Å². The van der Waals surface area contributed by atoms with Gasteiger partial charge in [-0.15, -0.1) is 0 Å². The Bertz CT molecular complexity index is 496. The summed E-state index contributed by atoms with van der Waals surface area (Å²) in [6.07, 6.45) is 5.91. The molecule has 1 N–H and O–H groups in total. The average Bonchev–Trinajstić information content (AvgIpc) is 2.95. The number of hydrogen-bond acceptors (Lipinski definition) is 3. The molecule has 0 fully saturated rings. The molecule has 0 aliphatic heterocycles. The SMILES string of the molecule is CCCn1cncc1COCCCNCc1ccccc1. The lowest BCUT2D eigenvalue weighted by Crippen LogP contribution is -2.16. The molecule has 0 radical (unpaired) electrons. The molecule has 0 saturated carbocycles. The van der Waals surface area contributed by atoms with Crippen molar-refractivity contribution in [3.8, 4) is 0 Å². The monoisotopic (exact) mass is 287 g/mol. The molecule has 0 saturated heterocycles. The second-order valence-electron chi connectivity index (χ2n) is 5.15. The van der Waals surface area contributed by atoms with Crippen LogP contribution in [0.2, 0.25) is 0 Å². The van der Waals surface area contributed by atoms with Gasteiger partial charge < -0.3 is 14.6 Å². The highest BCUT2D eigenvalue weighted by Crippen LogP contribution is 2.03. The van der Waals surface area contributed by atoms with Gasteiger partial charge in [0.05, 0.1) is 24.8 Å². The number of benzene rings is 1. The van der Waals surface area contributed by atoms with Gasteiger partial charge in [-0.25, -0.2) is 4.98 Å². The van der Waals surface area contributed by atoms with Gasteiger partial charge >= 0.3 is 0 Å². The van der Waals surface area contributed by atoms with Crippen molar-refractivity contribution in [2.24, 2.45) is 0 Å². The molecule has 4 heteroatoms. The molecule has 2 rings (SSSR count). The van der Waals surface area contributed by atoms with E-state index in [0.29, 0.717) is 6.61 Å². The summed E-state index contributed by atoms with van der Waals surface area (Å²) in [5.74, 6) is 0. The van der Waals surface area contributed by atoms with E-state index in [1.165, 1.54) is 5.56 Å². The van der Waals surface area contributed by atoms with Crippen LogP contribution in [0.1, 0.15) is 31.0 Å². The van der Waals surface area contributed by atoms with Gasteiger partial charge in [-0.05, 0) is 24.9 Å². The topological polar surface area (TPSA) is 39.1 Å². The van der Waals surface area contributed by atoms with Crippen LogP contribution in [0.5, 0.6) is 0 Å². The fraction of sp³-hybridized carbons (Fsp3) is 0.471. The predicted octanol–water partition coefficient (Wildman–Crippen LogP) is 2.99. The molecule has 21 heavy (non-hydrogen) atoms. The molecule has 1 aromatic heterocycles. The van der Waals surface area contributed by atoms with Crippen LogP contribution in [0.15, 0.2) is 42.9 Å². The van der Waals surface area contributed by atoms with Gasteiger partial charge in [-0.1, -0.05) is 37.3 Å². The highest BCUT2D eigenvalue weighted by Gasteiger charge is 2.01. The van der Waals surface area contributed by atoms with Crippen molar-refractivity contribution in [3.05, 3.63) is 54.1 Å². The summed E-state index contributed by atoms with van der Waals surface area (Å²) in [4.78, 5) is 4.17. The first-order valence-electron chi connectivity index (χ1n) is 7.71. The largest absolute Gasteiger partial charge is 0.375 e. The lowest BCUT2D eigenvalue weighted by molar-refractivity contribution is 0.113. The summed E-state index contributed by atoms with van der Waals surface area (Å²) in [5.41, 5.74) is 2.48. The molecule has 0 spiro atoms. The van der Waals surface area contributed by atoms with Gasteiger partial charge in [-0.3, -0.25) is 0 Å². The third-order valence-electron chi connectivity index (χ3n) is 3.33. The smallest absolute Gasteiger partial charge is 0.0948 e. The van der Waals surface area contributed by atoms with Crippen LogP contribution in [0.4, 0.5) is 0 Å². The third-order valence-corrected chi connectivity index (χ3v) is 3.33. The van der Waals surface area contributed by atoms with Crippen LogP contribution in [0, 0.1) is 0 Å². The van der Waals surface area contributed by atoms with Crippen LogP contribution in [0.25, 0.3) is 0 Å². The van der Waals surface area contributed by atoms with Crippen molar-refractivity contribution >= 4 is 0 Å². The predicted molar refractivity (Wildman–Crippen MR) is 84.9 cm³/mol. The molecule has 1 heterocycles. The highest BCUT2D eigenvalue weighted by atomic mass is 16.5. The Morgan fingerprint density at radius 2 is 2.10 bits per heavy atom. The van der Waals surface area contributed by atoms with E-state index < -0.39 is 0 Å². The van der Waals surface area contributed by atoms with E-state index in [2.05, 4.69) is 46.1 Å². The number of aryl methyl sites for hydroxylation is 1. The number of hydrogen-bond donors (Lipinski definition) is 1. The molecule has 4 nitrogen and oxygen atoms in total. The van der Waals surface area contributed by atoms with Gasteiger partial charge in [0, 0.05) is 19.7 Å². The Hall–Kier alpha value is -1.65. The fourth-order valence-corrected chi connectivity index (χ4v) is 2.22. The number of aromatic nitrogens is 2. The molecule has 1 aromatic carbocycles. The van der Waals surface area contributed by atoms with E-state index in [9.17, 15) is 0 Å². The molecule has 0 amide bonds. The molecule has 2 aromatic rings. The summed E-state index contributed by atoms with van der Waals surface area (Å²) in [5, 5.41) is 3.43. The first kappa shape index (κ1) is 15.7. The molecule has 0 unspecified atom stereocenters. The summed E-state index contributed by atoms with van der Waals surface area (Å²) >= 11 is 0. The minimum Gasteiger partial charge on any atom is -0.375 e. The third kappa shape index (κ3) is 5.69. The van der Waals surface area contributed by atoms with E-state index >= 15 is 0 Å². The zero-order valence-corrected chi connectivity index (χ0v) is 12.8. The highest BCUT2D eigenvalue weighted by molar-refractivity contribution is 5.14. The van der Waals surface area contributed by atoms with Crippen LogP contribution in [0.3, 0.4) is 0 Å². The minimum atomic E-state index is 0.651. The van der Waals surface area contributed by atoms with Crippen molar-refractivity contribution in [3.63, 3.8) is 0 Å².